The third kappa shape index (κ3) is 9.12. The summed E-state index contributed by atoms with van der Waals surface area (Å²) in [5.41, 5.74) is 3.66. The van der Waals surface area contributed by atoms with Crippen LogP contribution in [0.3, 0.4) is 0 Å². The maximum atomic E-state index is 13.4. The number of amides is 4. The Morgan fingerprint density at radius 1 is 1.08 bits per heavy atom. The van der Waals surface area contributed by atoms with Gasteiger partial charge in [-0.05, 0) is 65.7 Å². The fraction of sp³-hybridized carbons (Fsp3) is 0.889. The number of urea groups is 1. The fourth-order valence-electron chi connectivity index (χ4n) is 5.54. The minimum Gasteiger partial charge on any atom is -0.444 e. The summed E-state index contributed by atoms with van der Waals surface area (Å²) >= 11 is 0. The van der Waals surface area contributed by atoms with E-state index >= 15 is 0 Å². The van der Waals surface area contributed by atoms with Gasteiger partial charge in [0.15, 0.2) is 0 Å². The lowest BCUT2D eigenvalue weighted by Gasteiger charge is -2.37. The van der Waals surface area contributed by atoms with Gasteiger partial charge in [-0.3, -0.25) is 9.69 Å². The lowest BCUT2D eigenvalue weighted by Crippen LogP contribution is -2.51. The molecule has 208 valence electrons. The number of nitrogens with one attached hydrogen (secondary N) is 2. The Balaban J connectivity index is 2.18. The van der Waals surface area contributed by atoms with E-state index in [-0.39, 0.29) is 36.0 Å². The maximum Gasteiger partial charge on any atom is 0.412 e. The van der Waals surface area contributed by atoms with Gasteiger partial charge >= 0.3 is 12.1 Å². The number of rotatable bonds is 10. The molecule has 2 aliphatic rings. The molecule has 2 fully saturated rings. The first-order valence-electron chi connectivity index (χ1n) is 13.7. The van der Waals surface area contributed by atoms with E-state index in [1.54, 1.807) is 4.90 Å². The Hall–Kier alpha value is -2.03. The average molecular weight is 511 g/mol. The number of ether oxygens (including phenoxy) is 2. The van der Waals surface area contributed by atoms with Gasteiger partial charge in [0.2, 0.25) is 5.91 Å². The second kappa shape index (κ2) is 13.0. The first kappa shape index (κ1) is 30.2. The summed E-state index contributed by atoms with van der Waals surface area (Å²) in [6.45, 7) is 14.4. The van der Waals surface area contributed by atoms with Crippen LogP contribution in [0.2, 0.25) is 0 Å². The van der Waals surface area contributed by atoms with E-state index in [1.807, 2.05) is 48.5 Å². The van der Waals surface area contributed by atoms with Gasteiger partial charge in [0, 0.05) is 19.0 Å². The van der Waals surface area contributed by atoms with Crippen LogP contribution >= 0.6 is 0 Å². The summed E-state index contributed by atoms with van der Waals surface area (Å²) in [4.78, 5) is 39.2. The molecule has 0 bridgehead atoms. The predicted molar refractivity (Wildman–Crippen MR) is 140 cm³/mol. The monoisotopic (exact) mass is 510 g/mol. The minimum atomic E-state index is -0.829. The maximum absolute atomic E-state index is 13.4. The molecule has 36 heavy (non-hydrogen) atoms. The molecule has 3 atom stereocenters. The number of carbonyl (C=O) groups excluding carboxylic acids is 3. The molecule has 1 aliphatic heterocycles. The van der Waals surface area contributed by atoms with Gasteiger partial charge in [0.1, 0.15) is 11.3 Å². The second-order valence-electron chi connectivity index (χ2n) is 12.3. The summed E-state index contributed by atoms with van der Waals surface area (Å²) in [6.07, 6.45) is 7.42. The largest absolute Gasteiger partial charge is 0.444 e. The Morgan fingerprint density at radius 2 is 1.69 bits per heavy atom. The van der Waals surface area contributed by atoms with Crippen molar-refractivity contribution in [3.63, 3.8) is 0 Å². The van der Waals surface area contributed by atoms with Gasteiger partial charge in [-0.2, -0.15) is 0 Å². The molecular weight excluding hydrogens is 460 g/mol. The Morgan fingerprint density at radius 3 is 2.25 bits per heavy atom. The molecule has 0 aromatic rings. The van der Waals surface area contributed by atoms with E-state index < -0.39 is 17.4 Å². The summed E-state index contributed by atoms with van der Waals surface area (Å²) in [6, 6.07) is -0.715. The van der Waals surface area contributed by atoms with Crippen LogP contribution in [0.5, 0.6) is 0 Å². The lowest BCUT2D eigenvalue weighted by atomic mass is 9.81. The number of nitrogens with zero attached hydrogens (tertiary/aromatic N) is 1. The van der Waals surface area contributed by atoms with Gasteiger partial charge in [-0.1, -0.05) is 46.0 Å². The molecule has 1 heterocycles. The quantitative estimate of drug-likeness (QED) is 0.373. The molecule has 1 saturated carbocycles. The molecule has 0 aromatic heterocycles. The zero-order chi connectivity index (χ0) is 27.1. The number of hydrogen-bond acceptors (Lipinski definition) is 5. The average Bonchev–Trinajstić information content (AvgIpc) is 2.99. The molecule has 9 nitrogen and oxygen atoms in total. The molecule has 9 heteroatoms. The van der Waals surface area contributed by atoms with E-state index in [0.717, 1.165) is 6.42 Å². The smallest absolute Gasteiger partial charge is 0.412 e. The first-order chi connectivity index (χ1) is 16.7. The Labute approximate surface area is 217 Å². The molecule has 0 radical (unpaired) electrons. The Kier molecular flexibility index (Phi) is 10.9. The SMILES string of the molecule is CC(C)[C@H](CC1OC(C)(C)N(C(=O)OC(C)(C)C)[C@H]1CC1CCCCC1)C(=O)NCCCNC(N)=O. The lowest BCUT2D eigenvalue weighted by molar-refractivity contribution is -0.129. The van der Waals surface area contributed by atoms with E-state index in [0.29, 0.717) is 31.8 Å². The van der Waals surface area contributed by atoms with Crippen LogP contribution in [0.15, 0.2) is 0 Å². The third-order valence-electron chi connectivity index (χ3n) is 7.25. The normalized spacial score (nSPS) is 23.4. The van der Waals surface area contributed by atoms with Crippen molar-refractivity contribution in [2.24, 2.45) is 23.5 Å². The molecule has 4 N–H and O–H groups in total. The number of hydrogen-bond donors (Lipinski definition) is 3. The van der Waals surface area contributed by atoms with Crippen molar-refractivity contribution in [3.8, 4) is 0 Å². The van der Waals surface area contributed by atoms with Gasteiger partial charge < -0.3 is 25.8 Å². The van der Waals surface area contributed by atoms with Crippen LogP contribution in [-0.4, -0.2) is 59.5 Å². The van der Waals surface area contributed by atoms with Gasteiger partial charge in [-0.25, -0.2) is 9.59 Å². The van der Waals surface area contributed by atoms with Crippen LogP contribution in [0, 0.1) is 17.8 Å². The molecule has 0 aromatic carbocycles. The highest BCUT2D eigenvalue weighted by atomic mass is 16.6. The minimum absolute atomic E-state index is 0.0300. The van der Waals surface area contributed by atoms with E-state index in [9.17, 15) is 14.4 Å². The van der Waals surface area contributed by atoms with Crippen molar-refractivity contribution in [3.05, 3.63) is 0 Å². The van der Waals surface area contributed by atoms with Gasteiger partial charge in [0.05, 0.1) is 12.1 Å². The highest BCUT2D eigenvalue weighted by molar-refractivity contribution is 5.79. The van der Waals surface area contributed by atoms with E-state index in [1.165, 1.54) is 32.1 Å². The molecule has 1 aliphatic carbocycles. The second-order valence-corrected chi connectivity index (χ2v) is 12.3. The van der Waals surface area contributed by atoms with Gasteiger partial charge in [-0.15, -0.1) is 0 Å². The van der Waals surface area contributed by atoms with Crippen molar-refractivity contribution in [1.82, 2.24) is 15.5 Å². The van der Waals surface area contributed by atoms with Crippen molar-refractivity contribution in [2.75, 3.05) is 13.1 Å². The standard InChI is InChI=1S/C27H50N4O5/c1-18(2)20(23(32)29-14-11-15-30-24(28)33)17-22-21(16-19-12-9-8-10-13-19)31(27(6,7)35-22)25(34)36-26(3,4)5/h18-22H,8-17H2,1-7H3,(H,29,32)(H3,28,30,33)/t20-,21-,22?/m0/s1. The summed E-state index contributed by atoms with van der Waals surface area (Å²) in [7, 11) is 0. The highest BCUT2D eigenvalue weighted by Crippen LogP contribution is 2.41. The van der Waals surface area contributed by atoms with Crippen LogP contribution < -0.4 is 16.4 Å². The zero-order valence-electron chi connectivity index (χ0n) is 23.5. The fourth-order valence-corrected chi connectivity index (χ4v) is 5.54. The van der Waals surface area contributed by atoms with Crippen molar-refractivity contribution in [2.45, 2.75) is 123 Å². The summed E-state index contributed by atoms with van der Waals surface area (Å²) in [5.74, 6) is 0.351. The highest BCUT2D eigenvalue weighted by Gasteiger charge is 2.52. The van der Waals surface area contributed by atoms with Crippen LogP contribution in [-0.2, 0) is 14.3 Å². The van der Waals surface area contributed by atoms with Gasteiger partial charge in [0.25, 0.3) is 0 Å². The molecular formula is C27H50N4O5. The van der Waals surface area contributed by atoms with Crippen molar-refractivity contribution in [1.29, 1.82) is 0 Å². The predicted octanol–water partition coefficient (Wildman–Crippen LogP) is 4.53. The summed E-state index contributed by atoms with van der Waals surface area (Å²) < 4.78 is 12.3. The van der Waals surface area contributed by atoms with E-state index in [4.69, 9.17) is 15.2 Å². The molecule has 4 amide bonds. The molecule has 0 spiro atoms. The van der Waals surface area contributed by atoms with Crippen LogP contribution in [0.1, 0.15) is 99.8 Å². The number of carbonyl (C=O) groups is 3. The summed E-state index contributed by atoms with van der Waals surface area (Å²) in [5, 5.41) is 5.54. The van der Waals surface area contributed by atoms with Crippen molar-refractivity contribution < 1.29 is 23.9 Å². The van der Waals surface area contributed by atoms with Crippen LogP contribution in [0.4, 0.5) is 9.59 Å². The molecule has 1 unspecified atom stereocenters. The molecule has 1 saturated heterocycles. The van der Waals surface area contributed by atoms with E-state index in [2.05, 4.69) is 10.6 Å². The number of nitrogens with two attached hydrogens (primary N) is 1. The van der Waals surface area contributed by atoms with Crippen LogP contribution in [0.25, 0.3) is 0 Å². The van der Waals surface area contributed by atoms with Crippen molar-refractivity contribution >= 4 is 18.0 Å². The number of primary amides is 1. The Bertz CT molecular complexity index is 743. The third-order valence-corrected chi connectivity index (χ3v) is 7.25. The first-order valence-corrected chi connectivity index (χ1v) is 13.7. The zero-order valence-corrected chi connectivity index (χ0v) is 23.5. The topological polar surface area (TPSA) is 123 Å². The molecule has 2 rings (SSSR count).